The third kappa shape index (κ3) is 5.36. The van der Waals surface area contributed by atoms with Crippen LogP contribution in [0.25, 0.3) is 32.9 Å². The number of aromatic nitrogens is 3. The Hall–Kier alpha value is -4.26. The van der Waals surface area contributed by atoms with Gasteiger partial charge in [-0.2, -0.15) is 9.97 Å². The van der Waals surface area contributed by atoms with Gasteiger partial charge in [0.2, 0.25) is 0 Å². The standard InChI is InChI=1S/C35H36F4N6O3/c1-34-13-21(36)16-44(18-34)31-25-15-40-29(24-6-2-5-20-8-9-26(38)23(27(20)24)7-3-12-47-33(46)43-34)28(39)30(25)41-32(42-31)48-19-35-10-4-11-45(35)17-22(37)14-35/h2,5-6,8-9,15,21-22H,3-4,7,10-14,16-19H2,1H3,(H,43,46)/t21-,22+,34-,35-/m0/s1. The van der Waals surface area contributed by atoms with Crippen LogP contribution in [0.3, 0.4) is 0 Å². The number of hydrogen-bond donors (Lipinski definition) is 1. The van der Waals surface area contributed by atoms with E-state index in [1.165, 1.54) is 12.3 Å². The van der Waals surface area contributed by atoms with Gasteiger partial charge in [-0.1, -0.05) is 24.3 Å². The van der Waals surface area contributed by atoms with E-state index < -0.39 is 41.1 Å². The highest BCUT2D eigenvalue weighted by Crippen LogP contribution is 2.42. The number of fused-ring (bicyclic) bond motifs is 7. The molecule has 3 fully saturated rings. The first-order valence-corrected chi connectivity index (χ1v) is 16.5. The summed E-state index contributed by atoms with van der Waals surface area (Å²) in [5.74, 6) is -1.03. The number of halogens is 4. The van der Waals surface area contributed by atoms with E-state index in [0.717, 1.165) is 19.4 Å². The summed E-state index contributed by atoms with van der Waals surface area (Å²) in [5.41, 5.74) is -0.969. The third-order valence-electron chi connectivity index (χ3n) is 10.4. The molecule has 9 nitrogen and oxygen atoms in total. The molecule has 7 heterocycles. The maximum Gasteiger partial charge on any atom is 0.407 e. The lowest BCUT2D eigenvalue weighted by Crippen LogP contribution is -2.60. The van der Waals surface area contributed by atoms with Gasteiger partial charge < -0.3 is 19.7 Å². The number of carbonyl (C=O) groups excluding carboxylic acids is 1. The predicted octanol–water partition coefficient (Wildman–Crippen LogP) is 6.06. The number of rotatable bonds is 3. The van der Waals surface area contributed by atoms with Crippen LogP contribution < -0.4 is 15.0 Å². The number of alkyl carbamates (subject to hydrolysis) is 1. The highest BCUT2D eigenvalue weighted by Gasteiger charge is 2.49. The van der Waals surface area contributed by atoms with Crippen LogP contribution in [0.4, 0.5) is 28.2 Å². The van der Waals surface area contributed by atoms with Gasteiger partial charge in [0, 0.05) is 37.7 Å². The summed E-state index contributed by atoms with van der Waals surface area (Å²) >= 11 is 0. The smallest absolute Gasteiger partial charge is 0.407 e. The number of carbonyl (C=O) groups is 1. The van der Waals surface area contributed by atoms with Crippen molar-refractivity contribution in [1.82, 2.24) is 25.2 Å². The van der Waals surface area contributed by atoms with E-state index in [0.29, 0.717) is 41.3 Å². The molecule has 0 unspecified atom stereocenters. The van der Waals surface area contributed by atoms with Gasteiger partial charge in [0.15, 0.2) is 5.82 Å². The Morgan fingerprint density at radius 3 is 2.81 bits per heavy atom. The van der Waals surface area contributed by atoms with Crippen molar-refractivity contribution in [3.8, 4) is 17.3 Å². The van der Waals surface area contributed by atoms with Gasteiger partial charge in [0.25, 0.3) is 0 Å². The molecule has 0 radical (unpaired) electrons. The first-order chi connectivity index (χ1) is 23.1. The van der Waals surface area contributed by atoms with Crippen molar-refractivity contribution >= 4 is 33.6 Å². The molecule has 48 heavy (non-hydrogen) atoms. The second-order valence-electron chi connectivity index (χ2n) is 13.9. The monoisotopic (exact) mass is 664 g/mol. The molecule has 5 aliphatic heterocycles. The van der Waals surface area contributed by atoms with Crippen LogP contribution in [-0.2, 0) is 11.2 Å². The Bertz CT molecular complexity index is 1930. The van der Waals surface area contributed by atoms with E-state index in [4.69, 9.17) is 9.47 Å². The summed E-state index contributed by atoms with van der Waals surface area (Å²) in [7, 11) is 0. The molecule has 4 atom stereocenters. The first kappa shape index (κ1) is 31.0. The van der Waals surface area contributed by atoms with Crippen molar-refractivity contribution in [2.75, 3.05) is 44.3 Å². The molecule has 3 saturated heterocycles. The molecule has 1 amide bonds. The molecule has 0 saturated carbocycles. The van der Waals surface area contributed by atoms with E-state index in [1.54, 1.807) is 30.0 Å². The maximum absolute atomic E-state index is 16.9. The number of anilines is 1. The fourth-order valence-electron chi connectivity index (χ4n) is 8.32. The lowest BCUT2D eigenvalue weighted by atomic mass is 9.90. The van der Waals surface area contributed by atoms with Gasteiger partial charge in [-0.15, -0.1) is 0 Å². The van der Waals surface area contributed by atoms with Crippen LogP contribution in [-0.4, -0.2) is 88.8 Å². The minimum absolute atomic E-state index is 0.00292. The SMILES string of the molecule is C[C@]12C[C@H](F)CN(C1)c1nc(OC[C@@]34CCCN3C[C@H](F)C4)nc3c(F)c(ncc13)-c1cccc3ccc(F)c(c13)CCCOC(=O)N2. The van der Waals surface area contributed by atoms with Crippen molar-refractivity contribution in [3.05, 3.63) is 53.7 Å². The maximum atomic E-state index is 16.9. The summed E-state index contributed by atoms with van der Waals surface area (Å²) in [4.78, 5) is 30.4. The van der Waals surface area contributed by atoms with Crippen LogP contribution in [0, 0.1) is 11.6 Å². The number of pyridine rings is 1. The summed E-state index contributed by atoms with van der Waals surface area (Å²) in [6.07, 6.45) is 0.934. The van der Waals surface area contributed by atoms with Gasteiger partial charge in [0.1, 0.15) is 41.8 Å². The molecule has 9 rings (SSSR count). The summed E-state index contributed by atoms with van der Waals surface area (Å²) in [6, 6.07) is 8.13. The Kier molecular flexibility index (Phi) is 7.57. The van der Waals surface area contributed by atoms with Crippen molar-refractivity contribution < 1.29 is 31.8 Å². The fraction of sp³-hybridized carbons (Fsp3) is 0.486. The minimum atomic E-state index is -1.36. The number of amides is 1. The highest BCUT2D eigenvalue weighted by atomic mass is 19.1. The molecule has 4 aromatic rings. The zero-order chi connectivity index (χ0) is 33.2. The van der Waals surface area contributed by atoms with Crippen molar-refractivity contribution in [2.24, 2.45) is 0 Å². The van der Waals surface area contributed by atoms with Crippen LogP contribution in [0.15, 0.2) is 36.5 Å². The quantitative estimate of drug-likeness (QED) is 0.265. The largest absolute Gasteiger partial charge is 0.461 e. The van der Waals surface area contributed by atoms with E-state index >= 15 is 13.2 Å². The number of ether oxygens (including phenoxy) is 2. The number of aryl methyl sites for hydroxylation is 1. The van der Waals surface area contributed by atoms with Gasteiger partial charge in [-0.25, -0.2) is 22.4 Å². The number of hydrogen-bond acceptors (Lipinski definition) is 8. The number of nitrogens with zero attached hydrogens (tertiary/aromatic N) is 5. The molecule has 1 N–H and O–H groups in total. The summed E-state index contributed by atoms with van der Waals surface area (Å²) < 4.78 is 74.0. The fourth-order valence-corrected chi connectivity index (χ4v) is 8.32. The third-order valence-corrected chi connectivity index (χ3v) is 10.4. The molecule has 0 spiro atoms. The average molecular weight is 665 g/mol. The highest BCUT2D eigenvalue weighted by molar-refractivity contribution is 6.01. The van der Waals surface area contributed by atoms with Gasteiger partial charge in [-0.3, -0.25) is 9.88 Å². The number of nitrogens with one attached hydrogen (secondary N) is 1. The van der Waals surface area contributed by atoms with Crippen molar-refractivity contribution in [3.63, 3.8) is 0 Å². The second-order valence-corrected chi connectivity index (χ2v) is 13.9. The van der Waals surface area contributed by atoms with E-state index in [-0.39, 0.29) is 67.6 Å². The zero-order valence-corrected chi connectivity index (χ0v) is 26.6. The molecular formula is C35H36F4N6O3. The predicted molar refractivity (Wildman–Crippen MR) is 172 cm³/mol. The molecule has 0 aliphatic carbocycles. The average Bonchev–Trinajstić information content (AvgIpc) is 3.57. The Morgan fingerprint density at radius 2 is 1.94 bits per heavy atom. The van der Waals surface area contributed by atoms with E-state index in [1.807, 2.05) is 6.07 Å². The van der Waals surface area contributed by atoms with Crippen molar-refractivity contribution in [1.29, 1.82) is 0 Å². The van der Waals surface area contributed by atoms with Crippen LogP contribution in [0.2, 0.25) is 0 Å². The normalized spacial score (nSPS) is 27.7. The Balaban J connectivity index is 1.31. The minimum Gasteiger partial charge on any atom is -0.461 e. The Morgan fingerprint density at radius 1 is 1.08 bits per heavy atom. The number of piperidine rings is 1. The topological polar surface area (TPSA) is 92.7 Å². The summed E-state index contributed by atoms with van der Waals surface area (Å²) in [6.45, 7) is 2.99. The second kappa shape index (κ2) is 11.7. The molecule has 2 aromatic heterocycles. The van der Waals surface area contributed by atoms with Gasteiger partial charge in [0.05, 0.1) is 29.6 Å². The molecule has 6 bridgehead atoms. The molecule has 2 aromatic carbocycles. The molecule has 252 valence electrons. The molecule has 13 heteroatoms. The molecular weight excluding hydrogens is 628 g/mol. The van der Waals surface area contributed by atoms with Crippen LogP contribution in [0.5, 0.6) is 6.01 Å². The zero-order valence-electron chi connectivity index (χ0n) is 26.6. The van der Waals surface area contributed by atoms with Gasteiger partial charge in [-0.05, 0) is 61.6 Å². The number of benzene rings is 2. The van der Waals surface area contributed by atoms with Gasteiger partial charge >= 0.3 is 12.1 Å². The van der Waals surface area contributed by atoms with Crippen molar-refractivity contribution in [2.45, 2.75) is 68.9 Å². The van der Waals surface area contributed by atoms with Crippen LogP contribution >= 0.6 is 0 Å². The lowest BCUT2D eigenvalue weighted by Gasteiger charge is -2.42. The number of alkyl halides is 2. The van der Waals surface area contributed by atoms with E-state index in [9.17, 15) is 9.18 Å². The lowest BCUT2D eigenvalue weighted by molar-refractivity contribution is 0.107. The molecule has 5 aliphatic rings. The van der Waals surface area contributed by atoms with Crippen LogP contribution in [0.1, 0.15) is 44.6 Å². The first-order valence-electron chi connectivity index (χ1n) is 16.5. The Labute approximate surface area is 274 Å². The van der Waals surface area contributed by atoms with E-state index in [2.05, 4.69) is 25.2 Å². The summed E-state index contributed by atoms with van der Waals surface area (Å²) in [5, 5.41) is 4.23.